The summed E-state index contributed by atoms with van der Waals surface area (Å²) in [6.45, 7) is 19.8. The van der Waals surface area contributed by atoms with E-state index in [1.54, 1.807) is 5.57 Å². The predicted molar refractivity (Wildman–Crippen MR) is 250 cm³/mol. The molecule has 4 rings (SSSR count). The maximum Gasteiger partial charge on any atom is 0.171 e. The Morgan fingerprint density at radius 2 is 1.40 bits per heavy atom. The first kappa shape index (κ1) is 53.3. The van der Waals surface area contributed by atoms with Crippen molar-refractivity contribution in [3.63, 3.8) is 0 Å². The van der Waals surface area contributed by atoms with Gasteiger partial charge in [-0.05, 0) is 156 Å². The molecule has 3 saturated carbocycles. The van der Waals surface area contributed by atoms with Crippen LogP contribution in [0.2, 0.25) is 0 Å². The normalized spacial score (nSPS) is 28.5. The van der Waals surface area contributed by atoms with E-state index in [-0.39, 0.29) is 42.9 Å². The molecular formula is C50H93N5O7. The third-order valence-electron chi connectivity index (χ3n) is 15.6. The van der Waals surface area contributed by atoms with Gasteiger partial charge in [-0.2, -0.15) is 0 Å². The molecule has 360 valence electrons. The van der Waals surface area contributed by atoms with Crippen LogP contribution in [-0.4, -0.2) is 122 Å². The molecule has 12 nitrogen and oxygen atoms in total. The molecule has 10 atom stereocenters. The van der Waals surface area contributed by atoms with Crippen molar-refractivity contribution in [2.45, 2.75) is 143 Å². The summed E-state index contributed by atoms with van der Waals surface area (Å²) in [5.41, 5.74) is 19.7. The van der Waals surface area contributed by atoms with Gasteiger partial charge in [0.25, 0.3) is 0 Å². The largest absolute Gasteiger partial charge is 0.378 e. The smallest absolute Gasteiger partial charge is 0.171 e. The Bertz CT molecular complexity index is 1300. The molecule has 3 unspecified atom stereocenters. The molecule has 0 bridgehead atoms. The fraction of sp³-hybridized carbons (Fsp3) is 0.920. The summed E-state index contributed by atoms with van der Waals surface area (Å²) in [5.74, 6) is 3.30. The summed E-state index contributed by atoms with van der Waals surface area (Å²) in [5, 5.41) is 6.81. The first-order chi connectivity index (χ1) is 30.0. The minimum atomic E-state index is -0.977. The molecule has 3 fully saturated rings. The second kappa shape index (κ2) is 28.7. The highest BCUT2D eigenvalue weighted by atomic mass is 16.6. The van der Waals surface area contributed by atoms with Crippen molar-refractivity contribution in [3.8, 4) is 0 Å². The van der Waals surface area contributed by atoms with Gasteiger partial charge in [-0.3, -0.25) is 9.59 Å². The van der Waals surface area contributed by atoms with Gasteiger partial charge in [0, 0.05) is 6.54 Å². The minimum absolute atomic E-state index is 0.0283. The molecule has 0 heterocycles. The second-order valence-corrected chi connectivity index (χ2v) is 20.3. The summed E-state index contributed by atoms with van der Waals surface area (Å²) < 4.78 is 28.8. The second-order valence-electron chi connectivity index (χ2n) is 20.3. The maximum absolute atomic E-state index is 13.8. The SMILES string of the molecule is CC(C)CCC[C@@H](C)[C@H]1CC[C@H]2[C@@H]3CC=C4CC(OCC(=O)C(COCCOCCOCCOCCN)C(=O)C(N)CCNCCCCNCCCN)CC[C@]4(C)[C@H]3CC[C@]12C. The maximum atomic E-state index is 13.8. The van der Waals surface area contributed by atoms with Gasteiger partial charge in [-0.25, -0.2) is 0 Å². The number of fused-ring (bicyclic) bond motifs is 5. The van der Waals surface area contributed by atoms with Crippen molar-refractivity contribution in [1.29, 1.82) is 0 Å². The summed E-state index contributed by atoms with van der Waals surface area (Å²) >= 11 is 0. The number of hydrogen-bond acceptors (Lipinski definition) is 12. The van der Waals surface area contributed by atoms with E-state index in [0.29, 0.717) is 71.1 Å². The average molecular weight is 876 g/mol. The van der Waals surface area contributed by atoms with Gasteiger partial charge in [0.15, 0.2) is 11.6 Å². The van der Waals surface area contributed by atoms with E-state index in [1.807, 2.05) is 0 Å². The first-order valence-electron chi connectivity index (χ1n) is 25.2. The molecule has 0 aliphatic heterocycles. The number of hydrogen-bond donors (Lipinski definition) is 5. The molecule has 62 heavy (non-hydrogen) atoms. The minimum Gasteiger partial charge on any atom is -0.378 e. The van der Waals surface area contributed by atoms with Gasteiger partial charge >= 0.3 is 0 Å². The van der Waals surface area contributed by atoms with Crippen molar-refractivity contribution in [3.05, 3.63) is 11.6 Å². The predicted octanol–water partition coefficient (Wildman–Crippen LogP) is 6.22. The number of carbonyl (C=O) groups excluding carboxylic acids is 2. The van der Waals surface area contributed by atoms with Crippen LogP contribution in [0.4, 0.5) is 0 Å². The number of allylic oxidation sites excluding steroid dienone is 1. The zero-order chi connectivity index (χ0) is 44.8. The fourth-order valence-corrected chi connectivity index (χ4v) is 12.0. The molecule has 0 aromatic rings. The summed E-state index contributed by atoms with van der Waals surface area (Å²) in [6, 6.07) is -0.767. The van der Waals surface area contributed by atoms with E-state index in [1.165, 1.54) is 51.4 Å². The Kier molecular flexibility index (Phi) is 24.6. The van der Waals surface area contributed by atoms with Gasteiger partial charge in [0.05, 0.1) is 65.0 Å². The monoisotopic (exact) mass is 876 g/mol. The highest BCUT2D eigenvalue weighted by Gasteiger charge is 2.59. The zero-order valence-electron chi connectivity index (χ0n) is 40.1. The number of unbranched alkanes of at least 4 members (excludes halogenated alkanes) is 1. The Hall–Kier alpha value is -1.32. The van der Waals surface area contributed by atoms with Crippen LogP contribution in [0.15, 0.2) is 11.6 Å². The van der Waals surface area contributed by atoms with Crippen molar-refractivity contribution in [2.24, 2.45) is 69.5 Å². The first-order valence-corrected chi connectivity index (χ1v) is 25.2. The molecule has 0 aromatic heterocycles. The Morgan fingerprint density at radius 1 is 0.742 bits per heavy atom. The number of carbonyl (C=O) groups is 2. The Balaban J connectivity index is 1.26. The number of rotatable bonds is 35. The van der Waals surface area contributed by atoms with Crippen LogP contribution in [0, 0.1) is 52.3 Å². The average Bonchev–Trinajstić information content (AvgIpc) is 3.62. The summed E-state index contributed by atoms with van der Waals surface area (Å²) in [6.07, 6.45) is 19.8. The third kappa shape index (κ3) is 16.2. The summed E-state index contributed by atoms with van der Waals surface area (Å²) in [7, 11) is 0. The van der Waals surface area contributed by atoms with E-state index < -0.39 is 12.0 Å². The zero-order valence-corrected chi connectivity index (χ0v) is 40.1. The summed E-state index contributed by atoms with van der Waals surface area (Å²) in [4.78, 5) is 27.6. The third-order valence-corrected chi connectivity index (χ3v) is 15.6. The van der Waals surface area contributed by atoms with Gasteiger partial charge in [0.1, 0.15) is 12.5 Å². The molecule has 8 N–H and O–H groups in total. The number of nitrogens with one attached hydrogen (secondary N) is 2. The lowest BCUT2D eigenvalue weighted by molar-refractivity contribution is -0.141. The van der Waals surface area contributed by atoms with Crippen molar-refractivity contribution < 1.29 is 33.3 Å². The highest BCUT2D eigenvalue weighted by Crippen LogP contribution is 2.67. The van der Waals surface area contributed by atoms with Crippen LogP contribution in [0.1, 0.15) is 131 Å². The van der Waals surface area contributed by atoms with Gasteiger partial charge < -0.3 is 51.5 Å². The molecule has 0 amide bonds. The fourth-order valence-electron chi connectivity index (χ4n) is 12.0. The van der Waals surface area contributed by atoms with Crippen LogP contribution in [-0.2, 0) is 33.3 Å². The van der Waals surface area contributed by atoms with Crippen LogP contribution < -0.4 is 27.8 Å². The van der Waals surface area contributed by atoms with Crippen LogP contribution >= 0.6 is 0 Å². The lowest BCUT2D eigenvalue weighted by Crippen LogP contribution is -2.51. The van der Waals surface area contributed by atoms with E-state index >= 15 is 0 Å². The lowest BCUT2D eigenvalue weighted by atomic mass is 9.47. The highest BCUT2D eigenvalue weighted by molar-refractivity contribution is 6.05. The molecule has 0 aromatic carbocycles. The Labute approximate surface area is 377 Å². The van der Waals surface area contributed by atoms with Gasteiger partial charge in [-0.1, -0.05) is 65.5 Å². The molecule has 0 saturated heterocycles. The molecule has 0 spiro atoms. The number of Topliss-reactive ketones (excluding diaryl/α,β-unsaturated/α-hetero) is 2. The van der Waals surface area contributed by atoms with Crippen LogP contribution in [0.5, 0.6) is 0 Å². The van der Waals surface area contributed by atoms with Crippen molar-refractivity contribution in [1.82, 2.24) is 10.6 Å². The molecule has 4 aliphatic carbocycles. The van der Waals surface area contributed by atoms with Crippen LogP contribution in [0.3, 0.4) is 0 Å². The van der Waals surface area contributed by atoms with Crippen molar-refractivity contribution in [2.75, 3.05) is 98.7 Å². The topological polar surface area (TPSA) is 182 Å². The molecule has 4 aliphatic rings. The van der Waals surface area contributed by atoms with Gasteiger partial charge in [0.2, 0.25) is 0 Å². The van der Waals surface area contributed by atoms with E-state index in [9.17, 15) is 9.59 Å². The van der Waals surface area contributed by atoms with Crippen LogP contribution in [0.25, 0.3) is 0 Å². The lowest BCUT2D eigenvalue weighted by Gasteiger charge is -2.58. The van der Waals surface area contributed by atoms with Gasteiger partial charge in [-0.15, -0.1) is 0 Å². The number of ether oxygens (including phenoxy) is 5. The van der Waals surface area contributed by atoms with E-state index in [2.05, 4.69) is 51.3 Å². The number of nitrogens with two attached hydrogens (primary N) is 3. The molecule has 12 heteroatoms. The Morgan fingerprint density at radius 3 is 2.08 bits per heavy atom. The quantitative estimate of drug-likeness (QED) is 0.0276. The van der Waals surface area contributed by atoms with E-state index in [0.717, 1.165) is 93.7 Å². The molecule has 0 radical (unpaired) electrons. The van der Waals surface area contributed by atoms with Crippen molar-refractivity contribution >= 4 is 11.6 Å². The standard InChI is InChI=1S/C50H93N5O7/c1-37(2)10-8-11-38(3)43-14-15-44-41-13-12-39-34-40(16-19-49(39,4)45(41)17-20-50(43,44)5)62-36-47(56)42(35-61-33-32-60-31-30-59-29-28-58-27-22-52)48(57)46(53)18-26-55-24-7-6-23-54-25-9-21-51/h12,37-38,40-46,54-55H,6-11,13-36,51-53H2,1-5H3/t38-,40?,41+,42?,43-,44+,45+,46?,49+,50-/m1/s1. The van der Waals surface area contributed by atoms with E-state index in [4.69, 9.17) is 40.9 Å². The molecular weight excluding hydrogens is 783 g/mol. The number of ketones is 2.